The number of nitrogens with one attached hydrogen (secondary N) is 1. The van der Waals surface area contributed by atoms with E-state index in [0.29, 0.717) is 12.4 Å². The third-order valence-electron chi connectivity index (χ3n) is 3.59. The van der Waals surface area contributed by atoms with Gasteiger partial charge in [-0.25, -0.2) is 13.1 Å². The van der Waals surface area contributed by atoms with Gasteiger partial charge in [-0.15, -0.1) is 0 Å². The van der Waals surface area contributed by atoms with Gasteiger partial charge < -0.3 is 9.47 Å². The molecule has 0 aliphatic heterocycles. The van der Waals surface area contributed by atoms with Crippen molar-refractivity contribution in [3.63, 3.8) is 0 Å². The molecule has 0 unspecified atom stereocenters. The molecule has 0 fully saturated rings. The van der Waals surface area contributed by atoms with E-state index < -0.39 is 10.0 Å². The van der Waals surface area contributed by atoms with Gasteiger partial charge in [0.2, 0.25) is 10.0 Å². The number of hydrogen-bond donors (Lipinski definition) is 1. The Morgan fingerprint density at radius 1 is 1.08 bits per heavy atom. The lowest BCUT2D eigenvalue weighted by molar-refractivity contribution is 0.185. The third-order valence-corrected chi connectivity index (χ3v) is 4.99. The highest BCUT2D eigenvalue weighted by molar-refractivity contribution is 7.89. The molecule has 6 heteroatoms. The van der Waals surface area contributed by atoms with Gasteiger partial charge >= 0.3 is 0 Å². The summed E-state index contributed by atoms with van der Waals surface area (Å²) in [5, 5.41) is 0. The number of benzene rings is 2. The van der Waals surface area contributed by atoms with Crippen LogP contribution in [-0.4, -0.2) is 21.6 Å². The summed E-state index contributed by atoms with van der Waals surface area (Å²) in [7, 11) is -1.96. The largest absolute Gasteiger partial charge is 0.491 e. The molecular weight excluding hydrogens is 338 g/mol. The monoisotopic (exact) mass is 363 g/mol. The Bertz CT molecular complexity index is 816. The third kappa shape index (κ3) is 5.56. The molecule has 0 bridgehead atoms. The van der Waals surface area contributed by atoms with E-state index >= 15 is 0 Å². The van der Waals surface area contributed by atoms with Gasteiger partial charge in [0, 0.05) is 13.7 Å². The lowest BCUT2D eigenvalue weighted by atomic mass is 10.1. The fourth-order valence-corrected chi connectivity index (χ4v) is 3.54. The number of ether oxygens (including phenoxy) is 2. The van der Waals surface area contributed by atoms with Crippen molar-refractivity contribution >= 4 is 10.0 Å². The van der Waals surface area contributed by atoms with Crippen molar-refractivity contribution in [3.05, 3.63) is 59.2 Å². The van der Waals surface area contributed by atoms with E-state index in [-0.39, 0.29) is 17.5 Å². The zero-order chi connectivity index (χ0) is 18.4. The summed E-state index contributed by atoms with van der Waals surface area (Å²) < 4.78 is 38.4. The lowest BCUT2D eigenvalue weighted by Crippen LogP contribution is -2.23. The summed E-state index contributed by atoms with van der Waals surface area (Å²) in [5.74, 6) is 0.696. The number of methoxy groups -OCH3 is 1. The fourth-order valence-electron chi connectivity index (χ4n) is 2.43. The first-order chi connectivity index (χ1) is 11.8. The average Bonchev–Trinajstić information content (AvgIpc) is 2.55. The molecule has 5 nitrogen and oxygen atoms in total. The SMILES string of the molecule is COCc1cccc(CNS(=O)(=O)c2ccc(OC(C)C)c(C)c2)c1. The summed E-state index contributed by atoms with van der Waals surface area (Å²) in [6.45, 7) is 6.43. The molecule has 0 saturated heterocycles. The van der Waals surface area contributed by atoms with E-state index in [1.54, 1.807) is 25.3 Å². The first kappa shape index (κ1) is 19.4. The van der Waals surface area contributed by atoms with Crippen LogP contribution in [0.25, 0.3) is 0 Å². The van der Waals surface area contributed by atoms with Crippen molar-refractivity contribution < 1.29 is 17.9 Å². The van der Waals surface area contributed by atoms with E-state index in [9.17, 15) is 8.42 Å². The molecule has 0 atom stereocenters. The standard InChI is InChI=1S/C19H25NO4S/c1-14(2)24-19-9-8-18(10-15(19)3)25(21,22)20-12-16-6-5-7-17(11-16)13-23-4/h5-11,14,20H,12-13H2,1-4H3. The molecular formula is C19H25NO4S. The summed E-state index contributed by atoms with van der Waals surface area (Å²) in [5.41, 5.74) is 2.68. The number of hydrogen-bond acceptors (Lipinski definition) is 4. The second-order valence-electron chi connectivity index (χ2n) is 6.17. The maximum absolute atomic E-state index is 12.5. The number of rotatable bonds is 8. The average molecular weight is 363 g/mol. The molecule has 0 heterocycles. The van der Waals surface area contributed by atoms with Crippen molar-refractivity contribution in [2.75, 3.05) is 7.11 Å². The van der Waals surface area contributed by atoms with Gasteiger partial charge in [0.15, 0.2) is 0 Å². The Morgan fingerprint density at radius 2 is 1.80 bits per heavy atom. The van der Waals surface area contributed by atoms with Crippen LogP contribution >= 0.6 is 0 Å². The Balaban J connectivity index is 2.11. The normalized spacial score (nSPS) is 11.7. The van der Waals surface area contributed by atoms with E-state index in [4.69, 9.17) is 9.47 Å². The van der Waals surface area contributed by atoms with Crippen molar-refractivity contribution in [1.29, 1.82) is 0 Å². The molecule has 0 aliphatic rings. The van der Waals surface area contributed by atoms with Crippen LogP contribution < -0.4 is 9.46 Å². The smallest absolute Gasteiger partial charge is 0.240 e. The van der Waals surface area contributed by atoms with E-state index in [1.165, 1.54) is 0 Å². The maximum atomic E-state index is 12.5. The summed E-state index contributed by atoms with van der Waals surface area (Å²) in [6.07, 6.45) is 0.0404. The number of sulfonamides is 1. The minimum Gasteiger partial charge on any atom is -0.491 e. The van der Waals surface area contributed by atoms with E-state index in [2.05, 4.69) is 4.72 Å². The first-order valence-electron chi connectivity index (χ1n) is 8.15. The Morgan fingerprint density at radius 3 is 2.44 bits per heavy atom. The van der Waals surface area contributed by atoms with Crippen LogP contribution in [-0.2, 0) is 27.9 Å². The molecule has 0 radical (unpaired) electrons. The van der Waals surface area contributed by atoms with Gasteiger partial charge in [0.1, 0.15) is 5.75 Å². The van der Waals surface area contributed by atoms with Crippen molar-refractivity contribution in [2.24, 2.45) is 0 Å². The van der Waals surface area contributed by atoms with Crippen molar-refractivity contribution in [2.45, 2.75) is 44.9 Å². The van der Waals surface area contributed by atoms with Gasteiger partial charge in [-0.1, -0.05) is 24.3 Å². The van der Waals surface area contributed by atoms with Crippen LogP contribution in [0.5, 0.6) is 5.75 Å². The summed E-state index contributed by atoms with van der Waals surface area (Å²) in [4.78, 5) is 0.231. The molecule has 0 amide bonds. The van der Waals surface area contributed by atoms with E-state index in [1.807, 2.05) is 45.0 Å². The highest BCUT2D eigenvalue weighted by Crippen LogP contribution is 2.23. The minimum atomic E-state index is -3.59. The van der Waals surface area contributed by atoms with Crippen molar-refractivity contribution in [1.82, 2.24) is 4.72 Å². The first-order valence-corrected chi connectivity index (χ1v) is 9.64. The predicted molar refractivity (Wildman–Crippen MR) is 98.1 cm³/mol. The molecule has 0 spiro atoms. The van der Waals surface area contributed by atoms with Crippen LogP contribution in [0.4, 0.5) is 0 Å². The molecule has 2 rings (SSSR count). The molecule has 1 N–H and O–H groups in total. The molecule has 0 saturated carbocycles. The van der Waals surface area contributed by atoms with Crippen LogP contribution in [0.15, 0.2) is 47.4 Å². The molecule has 0 aromatic heterocycles. The Kier molecular flexibility index (Phi) is 6.58. The van der Waals surface area contributed by atoms with Crippen LogP contribution in [0, 0.1) is 6.92 Å². The second-order valence-corrected chi connectivity index (χ2v) is 7.94. The van der Waals surface area contributed by atoms with Gasteiger partial charge in [0.05, 0.1) is 17.6 Å². The van der Waals surface area contributed by atoms with Crippen molar-refractivity contribution in [3.8, 4) is 5.75 Å². The van der Waals surface area contributed by atoms with Gasteiger partial charge in [0.25, 0.3) is 0 Å². The highest BCUT2D eigenvalue weighted by atomic mass is 32.2. The highest BCUT2D eigenvalue weighted by Gasteiger charge is 2.15. The topological polar surface area (TPSA) is 64.6 Å². The van der Waals surface area contributed by atoms with Crippen LogP contribution in [0.1, 0.15) is 30.5 Å². The van der Waals surface area contributed by atoms with Crippen LogP contribution in [0.3, 0.4) is 0 Å². The molecule has 0 aliphatic carbocycles. The van der Waals surface area contributed by atoms with E-state index in [0.717, 1.165) is 16.7 Å². The minimum absolute atomic E-state index is 0.0404. The maximum Gasteiger partial charge on any atom is 0.240 e. The zero-order valence-electron chi connectivity index (χ0n) is 15.1. The van der Waals surface area contributed by atoms with Gasteiger partial charge in [-0.2, -0.15) is 0 Å². The molecule has 25 heavy (non-hydrogen) atoms. The molecule has 2 aromatic carbocycles. The molecule has 136 valence electrons. The van der Waals surface area contributed by atoms with Crippen LogP contribution in [0.2, 0.25) is 0 Å². The second kappa shape index (κ2) is 8.47. The zero-order valence-corrected chi connectivity index (χ0v) is 15.9. The molecule has 2 aromatic rings. The van der Waals surface area contributed by atoms with Gasteiger partial charge in [-0.05, 0) is 55.7 Å². The Hall–Kier alpha value is -1.89. The lowest BCUT2D eigenvalue weighted by Gasteiger charge is -2.14. The Labute approximate surface area is 150 Å². The fraction of sp³-hybridized carbons (Fsp3) is 0.368. The number of aryl methyl sites for hydroxylation is 1. The van der Waals surface area contributed by atoms with Gasteiger partial charge in [-0.3, -0.25) is 0 Å². The summed E-state index contributed by atoms with van der Waals surface area (Å²) >= 11 is 0. The quantitative estimate of drug-likeness (QED) is 0.781. The predicted octanol–water partition coefficient (Wildman–Crippen LogP) is 3.41. The summed E-state index contributed by atoms with van der Waals surface area (Å²) in [6, 6.07) is 12.5.